The van der Waals surface area contributed by atoms with Crippen LogP contribution >= 0.6 is 0 Å². The van der Waals surface area contributed by atoms with E-state index in [4.69, 9.17) is 9.73 Å². The molecule has 0 spiro atoms. The van der Waals surface area contributed by atoms with Gasteiger partial charge in [0.15, 0.2) is 0 Å². The molecular formula is C47H41NO. The summed E-state index contributed by atoms with van der Waals surface area (Å²) in [6, 6.07) is 45.9. The molecule has 0 fully saturated rings. The fourth-order valence-electron chi connectivity index (χ4n) is 7.88. The first-order chi connectivity index (χ1) is 24.1. The molecule has 5 aromatic carbocycles. The first kappa shape index (κ1) is 30.8. The number of rotatable bonds is 6. The molecule has 5 aromatic rings. The molecule has 49 heavy (non-hydrogen) atoms. The highest BCUT2D eigenvalue weighted by atomic mass is 16.5. The van der Waals surface area contributed by atoms with E-state index >= 15 is 0 Å². The predicted molar refractivity (Wildman–Crippen MR) is 204 cm³/mol. The Morgan fingerprint density at radius 1 is 0.694 bits per heavy atom. The molecular weight excluding hydrogens is 595 g/mol. The van der Waals surface area contributed by atoms with Crippen molar-refractivity contribution in [2.75, 3.05) is 0 Å². The van der Waals surface area contributed by atoms with Crippen molar-refractivity contribution in [1.82, 2.24) is 0 Å². The smallest absolute Gasteiger partial charge is 0.132 e. The van der Waals surface area contributed by atoms with Gasteiger partial charge in [0, 0.05) is 34.2 Å². The lowest BCUT2D eigenvalue weighted by molar-refractivity contribution is 0.434. The number of benzene rings is 5. The second kappa shape index (κ2) is 13.2. The Morgan fingerprint density at radius 3 is 2.08 bits per heavy atom. The fraction of sp³-hybridized carbons (Fsp3) is 0.170. The highest BCUT2D eigenvalue weighted by Gasteiger charge is 2.45. The quantitative estimate of drug-likeness (QED) is 0.132. The van der Waals surface area contributed by atoms with Crippen LogP contribution in [0.15, 0.2) is 174 Å². The van der Waals surface area contributed by atoms with Crippen LogP contribution in [-0.4, -0.2) is 5.71 Å². The molecule has 0 amide bonds. The molecule has 0 saturated heterocycles. The Morgan fingerprint density at radius 2 is 1.39 bits per heavy atom. The number of ether oxygens (including phenoxy) is 1. The second-order valence-electron chi connectivity index (χ2n) is 13.4. The van der Waals surface area contributed by atoms with E-state index in [-0.39, 0.29) is 0 Å². The average Bonchev–Trinajstić information content (AvgIpc) is 3.17. The summed E-state index contributed by atoms with van der Waals surface area (Å²) in [6.07, 6.45) is 17.0. The minimum atomic E-state index is -0.545. The van der Waals surface area contributed by atoms with Gasteiger partial charge in [0.1, 0.15) is 11.5 Å². The van der Waals surface area contributed by atoms with E-state index in [0.29, 0.717) is 11.8 Å². The van der Waals surface area contributed by atoms with Crippen LogP contribution in [-0.2, 0) is 5.41 Å². The fourth-order valence-corrected chi connectivity index (χ4v) is 7.88. The minimum absolute atomic E-state index is 0.300. The van der Waals surface area contributed by atoms with E-state index in [0.717, 1.165) is 33.9 Å². The van der Waals surface area contributed by atoms with E-state index in [2.05, 4.69) is 178 Å². The molecule has 0 aromatic heterocycles. The van der Waals surface area contributed by atoms with Crippen LogP contribution in [0.2, 0.25) is 0 Å². The van der Waals surface area contributed by atoms with E-state index in [1.807, 2.05) is 0 Å². The summed E-state index contributed by atoms with van der Waals surface area (Å²) in [5, 5.41) is 0. The van der Waals surface area contributed by atoms with Crippen molar-refractivity contribution in [2.45, 2.75) is 38.5 Å². The number of para-hydroxylation sites is 2. The van der Waals surface area contributed by atoms with Gasteiger partial charge >= 0.3 is 0 Å². The number of fused-ring (bicyclic) bond motifs is 2. The summed E-state index contributed by atoms with van der Waals surface area (Å²) >= 11 is 0. The normalized spacial score (nSPS) is 20.2. The lowest BCUT2D eigenvalue weighted by Gasteiger charge is -2.41. The largest absolute Gasteiger partial charge is 0.457 e. The van der Waals surface area contributed by atoms with E-state index in [1.165, 1.54) is 52.8 Å². The maximum absolute atomic E-state index is 6.52. The van der Waals surface area contributed by atoms with Crippen molar-refractivity contribution < 1.29 is 4.74 Å². The monoisotopic (exact) mass is 635 g/mol. The molecule has 2 unspecified atom stereocenters. The first-order valence-electron chi connectivity index (χ1n) is 17.6. The van der Waals surface area contributed by atoms with Crippen LogP contribution in [0.4, 0.5) is 0 Å². The van der Waals surface area contributed by atoms with Gasteiger partial charge in [-0.3, -0.25) is 4.99 Å². The van der Waals surface area contributed by atoms with Crippen LogP contribution in [0.25, 0.3) is 16.8 Å². The highest BCUT2D eigenvalue weighted by molar-refractivity contribution is 5.92. The molecule has 1 heterocycles. The average molecular weight is 636 g/mol. The summed E-state index contributed by atoms with van der Waals surface area (Å²) in [5.74, 6) is 2.48. The molecule has 1 aliphatic heterocycles. The molecule has 2 aliphatic carbocycles. The van der Waals surface area contributed by atoms with Crippen LogP contribution < -0.4 is 4.74 Å². The van der Waals surface area contributed by atoms with Crippen molar-refractivity contribution in [3.63, 3.8) is 0 Å². The molecule has 0 bridgehead atoms. The summed E-state index contributed by atoms with van der Waals surface area (Å²) in [7, 11) is 0. The molecule has 0 radical (unpaired) electrons. The zero-order valence-corrected chi connectivity index (χ0v) is 28.2. The molecule has 2 nitrogen and oxygen atoms in total. The van der Waals surface area contributed by atoms with Crippen LogP contribution in [0, 0.1) is 11.8 Å². The van der Waals surface area contributed by atoms with Gasteiger partial charge in [0.2, 0.25) is 0 Å². The third-order valence-electron chi connectivity index (χ3n) is 10.4. The lowest BCUT2D eigenvalue weighted by Crippen LogP contribution is -2.34. The summed E-state index contributed by atoms with van der Waals surface area (Å²) in [4.78, 5) is 5.36. The van der Waals surface area contributed by atoms with Gasteiger partial charge in [-0.2, -0.15) is 0 Å². The van der Waals surface area contributed by atoms with Gasteiger partial charge in [-0.05, 0) is 72.2 Å². The maximum atomic E-state index is 6.52. The van der Waals surface area contributed by atoms with Crippen molar-refractivity contribution in [3.8, 4) is 22.6 Å². The zero-order valence-electron chi connectivity index (χ0n) is 28.2. The Hall–Kier alpha value is -5.47. The lowest BCUT2D eigenvalue weighted by atomic mass is 9.63. The summed E-state index contributed by atoms with van der Waals surface area (Å²) in [6.45, 7) is 4.46. The molecule has 0 N–H and O–H groups in total. The molecule has 0 saturated carbocycles. The Labute approximate surface area is 290 Å². The SMILES string of the molecule is C/C(=N\C(=C1\C=CC=CC1C)c1ccc(-c2cccc(C3(c4ccccc4)c4ccccc4Oc4ccccc43)c2)cc1)C1C=CCCC1. The Kier molecular flexibility index (Phi) is 8.31. The highest BCUT2D eigenvalue weighted by Crippen LogP contribution is 2.55. The maximum Gasteiger partial charge on any atom is 0.132 e. The van der Waals surface area contributed by atoms with E-state index < -0.39 is 5.41 Å². The number of hydrogen-bond donors (Lipinski definition) is 0. The van der Waals surface area contributed by atoms with Gasteiger partial charge in [0.05, 0.1) is 11.1 Å². The molecule has 3 aliphatic rings. The van der Waals surface area contributed by atoms with Crippen molar-refractivity contribution in [2.24, 2.45) is 16.8 Å². The topological polar surface area (TPSA) is 21.6 Å². The predicted octanol–water partition coefficient (Wildman–Crippen LogP) is 12.1. The summed E-state index contributed by atoms with van der Waals surface area (Å²) < 4.78 is 6.52. The van der Waals surface area contributed by atoms with Gasteiger partial charge in [-0.25, -0.2) is 0 Å². The second-order valence-corrected chi connectivity index (χ2v) is 13.4. The van der Waals surface area contributed by atoms with Gasteiger partial charge < -0.3 is 4.74 Å². The van der Waals surface area contributed by atoms with Crippen LogP contribution in [0.1, 0.15) is 60.9 Å². The Bertz CT molecular complexity index is 2100. The number of hydrogen-bond acceptors (Lipinski definition) is 2. The third kappa shape index (κ3) is 5.62. The van der Waals surface area contributed by atoms with Gasteiger partial charge in [-0.15, -0.1) is 0 Å². The number of aliphatic imine (C=N–C) groups is 1. The molecule has 2 atom stereocenters. The number of allylic oxidation sites excluding steroid dienone is 7. The van der Waals surface area contributed by atoms with Crippen molar-refractivity contribution in [1.29, 1.82) is 0 Å². The third-order valence-corrected chi connectivity index (χ3v) is 10.4. The van der Waals surface area contributed by atoms with E-state index in [9.17, 15) is 0 Å². The molecule has 8 rings (SSSR count). The molecule has 2 heteroatoms. The van der Waals surface area contributed by atoms with E-state index in [1.54, 1.807) is 0 Å². The molecule has 240 valence electrons. The van der Waals surface area contributed by atoms with Crippen molar-refractivity contribution >= 4 is 11.4 Å². The minimum Gasteiger partial charge on any atom is -0.457 e. The zero-order chi connectivity index (χ0) is 33.2. The van der Waals surface area contributed by atoms with Crippen LogP contribution in [0.3, 0.4) is 0 Å². The summed E-state index contributed by atoms with van der Waals surface area (Å²) in [5.41, 5.74) is 11.2. The van der Waals surface area contributed by atoms with Crippen LogP contribution in [0.5, 0.6) is 11.5 Å². The van der Waals surface area contributed by atoms with Gasteiger partial charge in [0.25, 0.3) is 0 Å². The first-order valence-corrected chi connectivity index (χ1v) is 17.6. The van der Waals surface area contributed by atoms with Gasteiger partial charge in [-0.1, -0.05) is 153 Å². The number of nitrogens with zero attached hydrogens (tertiary/aromatic N) is 1. The van der Waals surface area contributed by atoms with Crippen molar-refractivity contribution in [3.05, 3.63) is 197 Å². The standard InChI is InChI=1S/C47H41NO/c1-33-16-9-10-23-41(33)46(48-34(2)35-17-5-3-6-18-35)37-30-28-36(29-31-37)38-19-15-22-40(32-38)47(39-20-7-4-8-21-39)42-24-11-13-26-44(42)49-45-27-14-12-25-43(45)47/h4-5,7-17,19-33,35H,3,6,18H2,1-2H3/b46-41-,48-34+. The Balaban J connectivity index is 1.24.